The van der Waals surface area contributed by atoms with Crippen molar-refractivity contribution >= 4 is 17.6 Å². The van der Waals surface area contributed by atoms with Gasteiger partial charge in [0.05, 0.1) is 17.2 Å². The van der Waals surface area contributed by atoms with Crippen LogP contribution in [-0.2, 0) is 4.79 Å². The van der Waals surface area contributed by atoms with E-state index in [0.717, 1.165) is 6.42 Å². The quantitative estimate of drug-likeness (QED) is 0.745. The molecule has 7 heteroatoms. The molecule has 1 aromatic rings. The maximum absolute atomic E-state index is 13.2. The van der Waals surface area contributed by atoms with Gasteiger partial charge in [-0.05, 0) is 12.5 Å². The molecular weight excluding hydrogens is 270 g/mol. The Balaban J connectivity index is 3.04. The smallest absolute Gasteiger partial charge is 0.337 e. The van der Waals surface area contributed by atoms with Crippen LogP contribution >= 0.6 is 0 Å². The summed E-state index contributed by atoms with van der Waals surface area (Å²) >= 11 is 0. The zero-order chi connectivity index (χ0) is 15.3. The van der Waals surface area contributed by atoms with Crippen molar-refractivity contribution in [2.24, 2.45) is 11.7 Å². The molecule has 110 valence electrons. The summed E-state index contributed by atoms with van der Waals surface area (Å²) < 4.78 is 26.2. The van der Waals surface area contributed by atoms with E-state index in [9.17, 15) is 18.4 Å². The Morgan fingerprint density at radius 2 is 1.95 bits per heavy atom. The highest BCUT2D eigenvalue weighted by Crippen LogP contribution is 2.21. The highest BCUT2D eigenvalue weighted by atomic mass is 19.2. The van der Waals surface area contributed by atoms with Crippen molar-refractivity contribution in [3.8, 4) is 0 Å². The third-order valence-corrected chi connectivity index (χ3v) is 2.84. The van der Waals surface area contributed by atoms with Gasteiger partial charge in [0, 0.05) is 12.6 Å². The maximum Gasteiger partial charge on any atom is 0.337 e. The van der Waals surface area contributed by atoms with Gasteiger partial charge >= 0.3 is 5.97 Å². The first-order valence-electron chi connectivity index (χ1n) is 6.14. The van der Waals surface area contributed by atoms with Crippen molar-refractivity contribution in [2.45, 2.75) is 19.8 Å². The number of carbonyl (C=O) groups excluding carboxylic acids is 1. The van der Waals surface area contributed by atoms with Gasteiger partial charge in [0.1, 0.15) is 0 Å². The SMILES string of the molecule is CCCC(CN)C(=O)Nc1cc(F)c(F)cc1C(=O)O. The Kier molecular flexibility index (Phi) is 5.57. The average Bonchev–Trinajstić information content (AvgIpc) is 2.39. The number of halogens is 2. The molecule has 0 bridgehead atoms. The molecule has 1 rings (SSSR count). The Labute approximate surface area is 114 Å². The fourth-order valence-corrected chi connectivity index (χ4v) is 1.77. The monoisotopic (exact) mass is 286 g/mol. The maximum atomic E-state index is 13.2. The number of anilines is 1. The summed E-state index contributed by atoms with van der Waals surface area (Å²) in [6.07, 6.45) is 1.24. The zero-order valence-electron chi connectivity index (χ0n) is 11.0. The molecule has 20 heavy (non-hydrogen) atoms. The van der Waals surface area contributed by atoms with E-state index in [0.29, 0.717) is 18.6 Å². The van der Waals surface area contributed by atoms with Crippen molar-refractivity contribution in [2.75, 3.05) is 11.9 Å². The minimum atomic E-state index is -1.46. The molecule has 4 N–H and O–H groups in total. The van der Waals surface area contributed by atoms with E-state index in [1.807, 2.05) is 6.92 Å². The lowest BCUT2D eigenvalue weighted by molar-refractivity contribution is -0.119. The van der Waals surface area contributed by atoms with Crippen LogP contribution in [0.5, 0.6) is 0 Å². The van der Waals surface area contributed by atoms with Crippen molar-refractivity contribution < 1.29 is 23.5 Å². The normalized spacial score (nSPS) is 12.0. The molecule has 0 aromatic heterocycles. The Morgan fingerprint density at radius 3 is 2.45 bits per heavy atom. The molecule has 5 nitrogen and oxygen atoms in total. The van der Waals surface area contributed by atoms with Crippen LogP contribution in [0, 0.1) is 17.6 Å². The Morgan fingerprint density at radius 1 is 1.35 bits per heavy atom. The molecule has 0 aliphatic heterocycles. The molecule has 0 aliphatic rings. The number of benzene rings is 1. The summed E-state index contributed by atoms with van der Waals surface area (Å²) in [5, 5.41) is 11.2. The van der Waals surface area contributed by atoms with Crippen molar-refractivity contribution in [3.05, 3.63) is 29.3 Å². The molecule has 0 heterocycles. The van der Waals surface area contributed by atoms with Crippen LogP contribution in [0.2, 0.25) is 0 Å². The van der Waals surface area contributed by atoms with Crippen LogP contribution in [0.15, 0.2) is 12.1 Å². The molecule has 0 fully saturated rings. The average molecular weight is 286 g/mol. The minimum Gasteiger partial charge on any atom is -0.478 e. The first-order chi connectivity index (χ1) is 9.40. The first-order valence-corrected chi connectivity index (χ1v) is 6.14. The summed E-state index contributed by atoms with van der Waals surface area (Å²) in [7, 11) is 0. The number of carbonyl (C=O) groups is 2. The Bertz CT molecular complexity index is 521. The van der Waals surface area contributed by atoms with Gasteiger partial charge in [-0.2, -0.15) is 0 Å². The van der Waals surface area contributed by atoms with E-state index in [1.165, 1.54) is 0 Å². The lowest BCUT2D eigenvalue weighted by atomic mass is 10.0. The third-order valence-electron chi connectivity index (χ3n) is 2.84. The summed E-state index contributed by atoms with van der Waals surface area (Å²) in [5.74, 6) is -4.99. The lowest BCUT2D eigenvalue weighted by Crippen LogP contribution is -2.29. The number of carboxylic acids is 1. The van der Waals surface area contributed by atoms with Gasteiger partial charge in [0.25, 0.3) is 0 Å². The van der Waals surface area contributed by atoms with Crippen molar-refractivity contribution in [1.29, 1.82) is 0 Å². The van der Waals surface area contributed by atoms with Gasteiger partial charge in [0.15, 0.2) is 11.6 Å². The number of hydrogen-bond acceptors (Lipinski definition) is 3. The predicted octanol–water partition coefficient (Wildman–Crippen LogP) is 1.98. The van der Waals surface area contributed by atoms with E-state index in [-0.39, 0.29) is 12.2 Å². The lowest BCUT2D eigenvalue weighted by Gasteiger charge is -2.15. The number of nitrogens with two attached hydrogens (primary N) is 1. The molecule has 1 aromatic carbocycles. The Hall–Kier alpha value is -2.02. The van der Waals surface area contributed by atoms with Gasteiger partial charge < -0.3 is 16.2 Å². The van der Waals surface area contributed by atoms with Crippen LogP contribution in [0.3, 0.4) is 0 Å². The number of nitrogens with one attached hydrogen (secondary N) is 1. The van der Waals surface area contributed by atoms with Crippen molar-refractivity contribution in [1.82, 2.24) is 0 Å². The first kappa shape index (κ1) is 16.0. The van der Waals surface area contributed by atoms with E-state index in [4.69, 9.17) is 10.8 Å². The number of hydrogen-bond donors (Lipinski definition) is 3. The fourth-order valence-electron chi connectivity index (χ4n) is 1.77. The number of amides is 1. The molecule has 0 saturated carbocycles. The van der Waals surface area contributed by atoms with Crippen molar-refractivity contribution in [3.63, 3.8) is 0 Å². The third kappa shape index (κ3) is 3.74. The molecule has 0 saturated heterocycles. The van der Waals surface area contributed by atoms with E-state index in [2.05, 4.69) is 5.32 Å². The topological polar surface area (TPSA) is 92.4 Å². The highest BCUT2D eigenvalue weighted by molar-refractivity contribution is 6.01. The molecular formula is C13H16F2N2O3. The summed E-state index contributed by atoms with van der Waals surface area (Å²) in [5.41, 5.74) is 4.66. The van der Waals surface area contributed by atoms with Crippen LogP contribution in [0.4, 0.5) is 14.5 Å². The zero-order valence-corrected chi connectivity index (χ0v) is 11.0. The van der Waals surface area contributed by atoms with E-state index >= 15 is 0 Å². The molecule has 1 unspecified atom stereocenters. The van der Waals surface area contributed by atoms with Gasteiger partial charge in [-0.25, -0.2) is 13.6 Å². The van der Waals surface area contributed by atoms with Crippen LogP contribution in [0.1, 0.15) is 30.1 Å². The summed E-state index contributed by atoms with van der Waals surface area (Å²) in [4.78, 5) is 22.9. The number of rotatable bonds is 6. The highest BCUT2D eigenvalue weighted by Gasteiger charge is 2.21. The van der Waals surface area contributed by atoms with Gasteiger partial charge in [-0.15, -0.1) is 0 Å². The van der Waals surface area contributed by atoms with E-state index in [1.54, 1.807) is 0 Å². The summed E-state index contributed by atoms with van der Waals surface area (Å²) in [6, 6.07) is 1.18. The molecule has 0 aliphatic carbocycles. The number of carboxylic acid groups (broad SMARTS) is 1. The van der Waals surface area contributed by atoms with Gasteiger partial charge in [-0.3, -0.25) is 4.79 Å². The van der Waals surface area contributed by atoms with Gasteiger partial charge in [-0.1, -0.05) is 13.3 Å². The second kappa shape index (κ2) is 6.95. The number of aromatic carboxylic acids is 1. The molecule has 1 amide bonds. The predicted molar refractivity (Wildman–Crippen MR) is 69.4 cm³/mol. The van der Waals surface area contributed by atoms with Crippen LogP contribution < -0.4 is 11.1 Å². The fraction of sp³-hybridized carbons (Fsp3) is 0.385. The largest absolute Gasteiger partial charge is 0.478 e. The molecule has 0 spiro atoms. The minimum absolute atomic E-state index is 0.0890. The molecule has 0 radical (unpaired) electrons. The van der Waals surface area contributed by atoms with E-state index < -0.39 is 35.0 Å². The second-order valence-electron chi connectivity index (χ2n) is 4.33. The second-order valence-corrected chi connectivity index (χ2v) is 4.33. The summed E-state index contributed by atoms with van der Waals surface area (Å²) in [6.45, 7) is 1.96. The standard InChI is InChI=1S/C13H16F2N2O3/c1-2-3-7(6-16)12(18)17-11-5-10(15)9(14)4-8(11)13(19)20/h4-5,7H,2-3,6,16H2,1H3,(H,17,18)(H,19,20). The molecule has 1 atom stereocenters. The van der Waals surface area contributed by atoms with Crippen LogP contribution in [0.25, 0.3) is 0 Å². The van der Waals surface area contributed by atoms with Gasteiger partial charge in [0.2, 0.25) is 5.91 Å². The van der Waals surface area contributed by atoms with Crippen LogP contribution in [-0.4, -0.2) is 23.5 Å².